The van der Waals surface area contributed by atoms with Crippen LogP contribution in [0.15, 0.2) is 30.3 Å². The van der Waals surface area contributed by atoms with Crippen LogP contribution in [0.5, 0.6) is 0 Å². The summed E-state index contributed by atoms with van der Waals surface area (Å²) in [5.74, 6) is 0.270. The van der Waals surface area contributed by atoms with Crippen LogP contribution in [-0.4, -0.2) is 38.4 Å². The fraction of sp³-hybridized carbons (Fsp3) is 0.588. The number of nitrogens with one attached hydrogen (secondary N) is 1. The molecule has 118 valence electrons. The Bertz CT molecular complexity index is 394. The van der Waals surface area contributed by atoms with E-state index < -0.39 is 6.10 Å². The molecule has 1 aromatic carbocycles. The van der Waals surface area contributed by atoms with Crippen molar-refractivity contribution in [1.29, 1.82) is 0 Å². The molecule has 0 saturated carbocycles. The van der Waals surface area contributed by atoms with Crippen molar-refractivity contribution in [3.05, 3.63) is 35.9 Å². The molecule has 0 aromatic heterocycles. The van der Waals surface area contributed by atoms with Crippen molar-refractivity contribution >= 4 is 5.91 Å². The number of benzene rings is 1. The highest BCUT2D eigenvalue weighted by molar-refractivity contribution is 5.80. The van der Waals surface area contributed by atoms with Crippen LogP contribution < -0.4 is 5.32 Å². The van der Waals surface area contributed by atoms with Gasteiger partial charge < -0.3 is 14.8 Å². The Balaban J connectivity index is 2.33. The number of ether oxygens (including phenoxy) is 2. The lowest BCUT2D eigenvalue weighted by molar-refractivity contribution is -0.132. The second kappa shape index (κ2) is 10.4. The molecule has 0 spiro atoms. The molecule has 4 heteroatoms. The molecule has 1 aromatic rings. The smallest absolute Gasteiger partial charge is 0.248 e. The van der Waals surface area contributed by atoms with Crippen LogP contribution in [0.4, 0.5) is 0 Å². The predicted molar refractivity (Wildman–Crippen MR) is 84.4 cm³/mol. The number of hydrogen-bond donors (Lipinski definition) is 1. The summed E-state index contributed by atoms with van der Waals surface area (Å²) in [4.78, 5) is 12.0. The van der Waals surface area contributed by atoms with Gasteiger partial charge in [-0.15, -0.1) is 0 Å². The minimum Gasteiger partial charge on any atom is -0.379 e. The Labute approximate surface area is 127 Å². The standard InChI is InChI=1S/C17H27NO3/c1-4-15(16-9-7-6-8-10-16)13-18-17(19)14(3)21-12-11-20-5-2/h6-10,14-15H,4-5,11-13H2,1-3H3,(H,18,19)/t14-,15-/m1/s1. The van der Waals surface area contributed by atoms with Gasteiger partial charge in [-0.25, -0.2) is 0 Å². The lowest BCUT2D eigenvalue weighted by atomic mass is 9.96. The van der Waals surface area contributed by atoms with Gasteiger partial charge in [0.05, 0.1) is 13.2 Å². The van der Waals surface area contributed by atoms with E-state index in [2.05, 4.69) is 24.4 Å². The van der Waals surface area contributed by atoms with E-state index in [9.17, 15) is 4.79 Å². The SMILES string of the molecule is CCOCCO[C@H](C)C(=O)NC[C@@H](CC)c1ccccc1. The van der Waals surface area contributed by atoms with Crippen molar-refractivity contribution in [3.8, 4) is 0 Å². The van der Waals surface area contributed by atoms with Gasteiger partial charge in [0.1, 0.15) is 6.10 Å². The molecule has 0 aliphatic rings. The zero-order valence-electron chi connectivity index (χ0n) is 13.3. The molecule has 1 N–H and O–H groups in total. The highest BCUT2D eigenvalue weighted by atomic mass is 16.5. The third-order valence-electron chi connectivity index (χ3n) is 3.46. The van der Waals surface area contributed by atoms with Crippen LogP contribution in [0, 0.1) is 0 Å². The van der Waals surface area contributed by atoms with Gasteiger partial charge in [-0.05, 0) is 25.8 Å². The minimum atomic E-state index is -0.446. The Hall–Kier alpha value is -1.39. The molecular formula is C17H27NO3. The second-order valence-electron chi connectivity index (χ2n) is 4.97. The summed E-state index contributed by atoms with van der Waals surface area (Å²) in [7, 11) is 0. The lowest BCUT2D eigenvalue weighted by Crippen LogP contribution is -2.37. The fourth-order valence-electron chi connectivity index (χ4n) is 2.09. The molecule has 4 nitrogen and oxygen atoms in total. The Morgan fingerprint density at radius 2 is 1.90 bits per heavy atom. The van der Waals surface area contributed by atoms with E-state index in [1.54, 1.807) is 6.92 Å². The maximum Gasteiger partial charge on any atom is 0.248 e. The second-order valence-corrected chi connectivity index (χ2v) is 4.97. The monoisotopic (exact) mass is 293 g/mol. The van der Waals surface area contributed by atoms with Crippen LogP contribution in [-0.2, 0) is 14.3 Å². The van der Waals surface area contributed by atoms with Gasteiger partial charge in [0.2, 0.25) is 5.91 Å². The van der Waals surface area contributed by atoms with Crippen LogP contribution in [0.25, 0.3) is 0 Å². The van der Waals surface area contributed by atoms with Crippen molar-refractivity contribution in [2.24, 2.45) is 0 Å². The van der Waals surface area contributed by atoms with Gasteiger partial charge in [0.15, 0.2) is 0 Å². The van der Waals surface area contributed by atoms with Crippen molar-refractivity contribution in [2.75, 3.05) is 26.4 Å². The molecule has 0 fully saturated rings. The highest BCUT2D eigenvalue weighted by Gasteiger charge is 2.15. The number of carbonyl (C=O) groups is 1. The Morgan fingerprint density at radius 3 is 2.52 bits per heavy atom. The van der Waals surface area contributed by atoms with E-state index in [1.165, 1.54) is 5.56 Å². The van der Waals surface area contributed by atoms with Crippen LogP contribution >= 0.6 is 0 Å². The van der Waals surface area contributed by atoms with Crippen molar-refractivity contribution < 1.29 is 14.3 Å². The molecule has 0 bridgehead atoms. The topological polar surface area (TPSA) is 47.6 Å². The average Bonchev–Trinajstić information content (AvgIpc) is 2.52. The first kappa shape index (κ1) is 17.7. The lowest BCUT2D eigenvalue weighted by Gasteiger charge is -2.18. The molecule has 2 atom stereocenters. The van der Waals surface area contributed by atoms with Gasteiger partial charge in [0, 0.05) is 19.1 Å². The Morgan fingerprint density at radius 1 is 1.19 bits per heavy atom. The van der Waals surface area contributed by atoms with E-state index in [4.69, 9.17) is 9.47 Å². The first-order valence-corrected chi connectivity index (χ1v) is 7.71. The number of carbonyl (C=O) groups excluding carboxylic acids is 1. The first-order valence-electron chi connectivity index (χ1n) is 7.71. The fourth-order valence-corrected chi connectivity index (χ4v) is 2.09. The van der Waals surface area contributed by atoms with Gasteiger partial charge in [-0.3, -0.25) is 4.79 Å². The molecular weight excluding hydrogens is 266 g/mol. The maximum atomic E-state index is 12.0. The van der Waals surface area contributed by atoms with Gasteiger partial charge >= 0.3 is 0 Å². The highest BCUT2D eigenvalue weighted by Crippen LogP contribution is 2.17. The number of hydrogen-bond acceptors (Lipinski definition) is 3. The minimum absolute atomic E-state index is 0.0686. The summed E-state index contributed by atoms with van der Waals surface area (Å²) in [6.07, 6.45) is 0.544. The molecule has 0 radical (unpaired) electrons. The summed E-state index contributed by atoms with van der Waals surface area (Å²) >= 11 is 0. The van der Waals surface area contributed by atoms with Crippen molar-refractivity contribution in [1.82, 2.24) is 5.32 Å². The van der Waals surface area contributed by atoms with E-state index in [-0.39, 0.29) is 5.91 Å². The largest absolute Gasteiger partial charge is 0.379 e. The van der Waals surface area contributed by atoms with E-state index >= 15 is 0 Å². The molecule has 0 heterocycles. The number of amides is 1. The molecule has 1 rings (SSSR count). The summed E-state index contributed by atoms with van der Waals surface area (Å²) in [5.41, 5.74) is 1.25. The molecule has 0 aliphatic carbocycles. The number of rotatable bonds is 10. The van der Waals surface area contributed by atoms with Gasteiger partial charge in [0.25, 0.3) is 0 Å². The molecule has 0 aliphatic heterocycles. The molecule has 0 saturated heterocycles. The molecule has 1 amide bonds. The first-order chi connectivity index (χ1) is 10.2. The maximum absolute atomic E-state index is 12.0. The Kier molecular flexibility index (Phi) is 8.71. The summed E-state index contributed by atoms with van der Waals surface area (Å²) in [5, 5.41) is 2.97. The van der Waals surface area contributed by atoms with Crippen LogP contribution in [0.1, 0.15) is 38.7 Å². The molecule has 21 heavy (non-hydrogen) atoms. The van der Waals surface area contributed by atoms with Crippen LogP contribution in [0.2, 0.25) is 0 Å². The molecule has 0 unspecified atom stereocenters. The van der Waals surface area contributed by atoms with E-state index in [0.717, 1.165) is 6.42 Å². The zero-order chi connectivity index (χ0) is 15.5. The normalized spacial score (nSPS) is 13.7. The van der Waals surface area contributed by atoms with E-state index in [1.807, 2.05) is 25.1 Å². The van der Waals surface area contributed by atoms with Crippen molar-refractivity contribution in [3.63, 3.8) is 0 Å². The summed E-state index contributed by atoms with van der Waals surface area (Å²) in [6, 6.07) is 10.3. The van der Waals surface area contributed by atoms with E-state index in [0.29, 0.717) is 32.3 Å². The van der Waals surface area contributed by atoms with Crippen LogP contribution in [0.3, 0.4) is 0 Å². The third kappa shape index (κ3) is 6.74. The van der Waals surface area contributed by atoms with Crippen molar-refractivity contribution in [2.45, 2.75) is 39.2 Å². The predicted octanol–water partition coefficient (Wildman–Crippen LogP) is 2.74. The zero-order valence-corrected chi connectivity index (χ0v) is 13.3. The van der Waals surface area contributed by atoms with Gasteiger partial charge in [-0.2, -0.15) is 0 Å². The summed E-state index contributed by atoms with van der Waals surface area (Å²) < 4.78 is 10.6. The van der Waals surface area contributed by atoms with Gasteiger partial charge in [-0.1, -0.05) is 37.3 Å². The average molecular weight is 293 g/mol. The summed E-state index contributed by atoms with van der Waals surface area (Å²) in [6.45, 7) is 8.10. The third-order valence-corrected chi connectivity index (χ3v) is 3.46. The quantitative estimate of drug-likeness (QED) is 0.675.